The minimum atomic E-state index is -0.689. The molecule has 0 radical (unpaired) electrons. The highest BCUT2D eigenvalue weighted by molar-refractivity contribution is 6.06. The molecule has 2 aromatic rings. The third kappa shape index (κ3) is 3.85. The molecule has 22 heavy (non-hydrogen) atoms. The van der Waals surface area contributed by atoms with E-state index < -0.39 is 5.92 Å². The molecule has 1 atom stereocenters. The van der Waals surface area contributed by atoms with Crippen LogP contribution in [0.2, 0.25) is 0 Å². The quantitative estimate of drug-likeness (QED) is 0.524. The molecule has 114 valence electrons. The summed E-state index contributed by atoms with van der Waals surface area (Å²) in [5.74, 6) is -0.147. The number of carbonyl (C=O) groups excluding carboxylic acids is 1. The summed E-state index contributed by atoms with van der Waals surface area (Å²) in [6.07, 6.45) is 0. The number of benzene rings is 2. The van der Waals surface area contributed by atoms with Gasteiger partial charge in [0, 0.05) is 7.05 Å². The average molecular weight is 298 g/mol. The van der Waals surface area contributed by atoms with Crippen molar-refractivity contribution in [3.63, 3.8) is 0 Å². The number of nitrogens with one attached hydrogen (secondary N) is 1. The van der Waals surface area contributed by atoms with Crippen LogP contribution in [-0.4, -0.2) is 26.0 Å². The molecule has 0 heterocycles. The Labute approximate surface area is 129 Å². The van der Waals surface area contributed by atoms with Crippen LogP contribution in [0.5, 0.6) is 5.75 Å². The number of amides is 1. The van der Waals surface area contributed by atoms with Crippen molar-refractivity contribution >= 4 is 11.8 Å². The fraction of sp³-hybridized carbons (Fsp3) is 0.176. The van der Waals surface area contributed by atoms with Gasteiger partial charge in [-0.25, -0.2) is 0 Å². The maximum atomic E-state index is 12.3. The molecule has 0 aliphatic rings. The van der Waals surface area contributed by atoms with Crippen molar-refractivity contribution < 1.29 is 14.4 Å². The first-order valence-corrected chi connectivity index (χ1v) is 6.86. The van der Waals surface area contributed by atoms with Crippen molar-refractivity contribution in [2.75, 3.05) is 14.2 Å². The average Bonchev–Trinajstić information content (AvgIpc) is 2.57. The second-order valence-corrected chi connectivity index (χ2v) is 4.49. The van der Waals surface area contributed by atoms with E-state index >= 15 is 0 Å². The van der Waals surface area contributed by atoms with Crippen molar-refractivity contribution in [2.45, 2.75) is 5.92 Å². The molecule has 0 aliphatic heterocycles. The number of likely N-dealkylation sites (N-methyl/N-ethyl adjacent to an activating group) is 1. The van der Waals surface area contributed by atoms with E-state index in [1.165, 1.54) is 7.11 Å². The molecule has 0 saturated heterocycles. The number of nitrogens with zero attached hydrogens (tertiary/aromatic N) is 1. The summed E-state index contributed by atoms with van der Waals surface area (Å²) in [6.45, 7) is 0. The molecule has 1 amide bonds. The Morgan fingerprint density at radius 1 is 1.05 bits per heavy atom. The Morgan fingerprint density at radius 3 is 2.18 bits per heavy atom. The van der Waals surface area contributed by atoms with Crippen molar-refractivity contribution in [1.82, 2.24) is 5.32 Å². The number of hydrogen-bond acceptors (Lipinski definition) is 4. The molecule has 0 fully saturated rings. The number of ether oxygens (including phenoxy) is 1. The second-order valence-electron chi connectivity index (χ2n) is 4.49. The molecule has 1 unspecified atom stereocenters. The van der Waals surface area contributed by atoms with Crippen LogP contribution in [0.3, 0.4) is 0 Å². The molecular formula is C17H18N2O3. The molecule has 2 rings (SSSR count). The van der Waals surface area contributed by atoms with E-state index in [2.05, 4.69) is 10.5 Å². The highest BCUT2D eigenvalue weighted by Crippen LogP contribution is 2.21. The first-order chi connectivity index (χ1) is 10.8. The van der Waals surface area contributed by atoms with Gasteiger partial charge < -0.3 is 14.9 Å². The Kier molecular flexibility index (Phi) is 5.54. The fourth-order valence-corrected chi connectivity index (χ4v) is 2.03. The van der Waals surface area contributed by atoms with Crippen molar-refractivity contribution in [2.24, 2.45) is 5.16 Å². The van der Waals surface area contributed by atoms with Gasteiger partial charge in [0.25, 0.3) is 0 Å². The third-order valence-corrected chi connectivity index (χ3v) is 3.04. The highest BCUT2D eigenvalue weighted by atomic mass is 16.6. The van der Waals surface area contributed by atoms with Crippen LogP contribution in [0.15, 0.2) is 65.8 Å². The molecule has 0 bridgehead atoms. The highest BCUT2D eigenvalue weighted by Gasteiger charge is 2.28. The maximum Gasteiger partial charge on any atom is 0.248 e. The Morgan fingerprint density at radius 2 is 1.64 bits per heavy atom. The second kappa shape index (κ2) is 7.83. The van der Waals surface area contributed by atoms with E-state index in [4.69, 9.17) is 9.57 Å². The zero-order valence-corrected chi connectivity index (χ0v) is 12.5. The van der Waals surface area contributed by atoms with Crippen LogP contribution >= 0.6 is 0 Å². The third-order valence-electron chi connectivity index (χ3n) is 3.04. The Bertz CT molecular complexity index is 627. The van der Waals surface area contributed by atoms with Crippen LogP contribution < -0.4 is 10.1 Å². The molecule has 1 N–H and O–H groups in total. The molecule has 5 heteroatoms. The summed E-state index contributed by atoms with van der Waals surface area (Å²) < 4.78 is 5.76. The smallest absolute Gasteiger partial charge is 0.248 e. The molecular weight excluding hydrogens is 280 g/mol. The minimum Gasteiger partial charge on any atom is -0.439 e. The first-order valence-electron chi connectivity index (χ1n) is 6.86. The van der Waals surface area contributed by atoms with Gasteiger partial charge in [0.05, 0.1) is 0 Å². The summed E-state index contributed by atoms with van der Waals surface area (Å²) in [5.41, 5.74) is 0.772. The topological polar surface area (TPSA) is 59.9 Å². The normalized spacial score (nSPS) is 12.4. The molecule has 2 aromatic carbocycles. The van der Waals surface area contributed by atoms with Gasteiger partial charge in [-0.3, -0.25) is 4.79 Å². The van der Waals surface area contributed by atoms with Gasteiger partial charge in [0.15, 0.2) is 0 Å². The van der Waals surface area contributed by atoms with E-state index in [-0.39, 0.29) is 11.8 Å². The van der Waals surface area contributed by atoms with Gasteiger partial charge in [-0.2, -0.15) is 0 Å². The lowest BCUT2D eigenvalue weighted by Gasteiger charge is -2.18. The van der Waals surface area contributed by atoms with Crippen molar-refractivity contribution in [3.05, 3.63) is 66.2 Å². The Hall–Kier alpha value is -2.82. The summed E-state index contributed by atoms with van der Waals surface area (Å²) in [7, 11) is 2.99. The largest absolute Gasteiger partial charge is 0.439 e. The van der Waals surface area contributed by atoms with Gasteiger partial charge in [-0.1, -0.05) is 53.7 Å². The SMILES string of the molecule is CNC(=O)C(C(=NOC)Oc1ccccc1)c1ccccc1. The molecule has 0 saturated carbocycles. The van der Waals surface area contributed by atoms with E-state index in [0.29, 0.717) is 5.75 Å². The summed E-state index contributed by atoms with van der Waals surface area (Å²) in [4.78, 5) is 17.1. The zero-order chi connectivity index (χ0) is 15.8. The fourth-order valence-electron chi connectivity index (χ4n) is 2.03. The van der Waals surface area contributed by atoms with Crippen LogP contribution in [0.25, 0.3) is 0 Å². The van der Waals surface area contributed by atoms with Crippen LogP contribution in [0.4, 0.5) is 0 Å². The summed E-state index contributed by atoms with van der Waals surface area (Å²) in [6, 6.07) is 18.4. The van der Waals surface area contributed by atoms with Gasteiger partial charge in [0.1, 0.15) is 18.8 Å². The predicted octanol–water partition coefficient (Wildman–Crippen LogP) is 2.56. The summed E-state index contributed by atoms with van der Waals surface area (Å²) in [5, 5.41) is 6.53. The number of carbonyl (C=O) groups is 1. The van der Waals surface area contributed by atoms with E-state index in [1.807, 2.05) is 48.5 Å². The van der Waals surface area contributed by atoms with Gasteiger partial charge in [-0.05, 0) is 17.7 Å². The van der Waals surface area contributed by atoms with E-state index in [0.717, 1.165) is 5.56 Å². The molecule has 0 spiro atoms. The van der Waals surface area contributed by atoms with Crippen LogP contribution in [0, 0.1) is 0 Å². The lowest BCUT2D eigenvalue weighted by molar-refractivity contribution is -0.120. The van der Waals surface area contributed by atoms with Crippen molar-refractivity contribution in [3.8, 4) is 5.75 Å². The van der Waals surface area contributed by atoms with E-state index in [1.54, 1.807) is 19.2 Å². The standard InChI is InChI=1S/C17H18N2O3/c1-18-16(20)15(13-9-5-3-6-10-13)17(19-21-2)22-14-11-7-4-8-12-14/h3-12,15H,1-2H3,(H,18,20). The van der Waals surface area contributed by atoms with E-state index in [9.17, 15) is 4.79 Å². The zero-order valence-electron chi connectivity index (χ0n) is 12.5. The monoisotopic (exact) mass is 298 g/mol. The van der Waals surface area contributed by atoms with Gasteiger partial charge in [-0.15, -0.1) is 0 Å². The predicted molar refractivity (Wildman–Crippen MR) is 84.8 cm³/mol. The number of hydrogen-bond donors (Lipinski definition) is 1. The number of oxime groups is 1. The van der Waals surface area contributed by atoms with Gasteiger partial charge in [0.2, 0.25) is 11.8 Å². The minimum absolute atomic E-state index is 0.180. The lowest BCUT2D eigenvalue weighted by atomic mass is 9.98. The van der Waals surface area contributed by atoms with Gasteiger partial charge >= 0.3 is 0 Å². The lowest BCUT2D eigenvalue weighted by Crippen LogP contribution is -2.34. The van der Waals surface area contributed by atoms with Crippen LogP contribution in [-0.2, 0) is 9.63 Å². The van der Waals surface area contributed by atoms with Crippen LogP contribution in [0.1, 0.15) is 11.5 Å². The molecule has 5 nitrogen and oxygen atoms in total. The first kappa shape index (κ1) is 15.6. The molecule has 0 aliphatic carbocycles. The maximum absolute atomic E-state index is 12.3. The molecule has 0 aromatic heterocycles. The number of rotatable bonds is 5. The number of para-hydroxylation sites is 1. The summed E-state index contributed by atoms with van der Waals surface area (Å²) >= 11 is 0. The van der Waals surface area contributed by atoms with Crippen molar-refractivity contribution in [1.29, 1.82) is 0 Å². The Balaban J connectivity index is 2.37.